The molecule has 0 spiro atoms. The molecule has 0 heterocycles. The highest BCUT2D eigenvalue weighted by Gasteiger charge is 2.31. The zero-order chi connectivity index (χ0) is 15.6. The molecule has 0 saturated carbocycles. The van der Waals surface area contributed by atoms with Crippen molar-refractivity contribution in [2.75, 3.05) is 7.11 Å². The van der Waals surface area contributed by atoms with Crippen molar-refractivity contribution in [1.82, 2.24) is 0 Å². The normalized spacial score (nSPS) is 13.0. The van der Waals surface area contributed by atoms with E-state index in [1.807, 2.05) is 0 Å². The second kappa shape index (κ2) is 6.28. The molecule has 0 saturated heterocycles. The highest BCUT2D eigenvalue weighted by Crippen LogP contribution is 2.39. The van der Waals surface area contributed by atoms with Crippen LogP contribution in [-0.4, -0.2) is 7.11 Å². The lowest BCUT2D eigenvalue weighted by Gasteiger charge is -2.15. The van der Waals surface area contributed by atoms with E-state index in [4.69, 9.17) is 16.3 Å². The van der Waals surface area contributed by atoms with Crippen molar-refractivity contribution in [3.63, 3.8) is 0 Å². The molecule has 112 valence electrons. The third kappa shape index (κ3) is 3.71. The van der Waals surface area contributed by atoms with Gasteiger partial charge in [-0.15, -0.1) is 0 Å². The molecule has 21 heavy (non-hydrogen) atoms. The van der Waals surface area contributed by atoms with Crippen molar-refractivity contribution in [3.05, 3.63) is 64.2 Å². The number of hydrogen-bond donors (Lipinski definition) is 0. The Labute approximate surface area is 133 Å². The van der Waals surface area contributed by atoms with E-state index < -0.39 is 16.6 Å². The molecule has 2 aromatic carbocycles. The van der Waals surface area contributed by atoms with E-state index >= 15 is 0 Å². The summed E-state index contributed by atoms with van der Waals surface area (Å²) in [6.45, 7) is 0. The molecule has 0 N–H and O–H groups in total. The maximum Gasteiger partial charge on any atom is 0.416 e. The van der Waals surface area contributed by atoms with E-state index in [9.17, 15) is 13.2 Å². The molecular weight excluding hydrogens is 369 g/mol. The summed E-state index contributed by atoms with van der Waals surface area (Å²) in [5.41, 5.74) is 0.475. The number of benzene rings is 2. The largest absolute Gasteiger partial charge is 0.497 e. The Balaban J connectivity index is 2.38. The van der Waals surface area contributed by atoms with Crippen LogP contribution in [0.15, 0.2) is 42.5 Å². The van der Waals surface area contributed by atoms with Crippen LogP contribution in [0.4, 0.5) is 13.2 Å². The van der Waals surface area contributed by atoms with Gasteiger partial charge in [-0.05, 0) is 29.3 Å². The first-order chi connectivity index (χ1) is 9.82. The lowest BCUT2D eigenvalue weighted by molar-refractivity contribution is -0.137. The van der Waals surface area contributed by atoms with E-state index in [1.54, 1.807) is 24.3 Å². The number of rotatable bonds is 3. The Hall–Kier alpha value is -1.20. The number of hydrogen-bond acceptors (Lipinski definition) is 1. The smallest absolute Gasteiger partial charge is 0.416 e. The minimum Gasteiger partial charge on any atom is -0.497 e. The fourth-order valence-corrected chi connectivity index (χ4v) is 2.99. The SMILES string of the molecule is COc1ccc(C(Br)c2cccc(C(F)(F)F)c2)c(Cl)c1. The molecule has 2 aromatic rings. The van der Waals surface area contributed by atoms with E-state index in [0.29, 0.717) is 21.9 Å². The van der Waals surface area contributed by atoms with Crippen LogP contribution >= 0.6 is 27.5 Å². The summed E-state index contributed by atoms with van der Waals surface area (Å²) < 4.78 is 43.3. The van der Waals surface area contributed by atoms with Crippen molar-refractivity contribution >= 4 is 27.5 Å². The van der Waals surface area contributed by atoms with Crippen LogP contribution in [0.3, 0.4) is 0 Å². The molecule has 0 radical (unpaired) electrons. The second-order valence-corrected chi connectivity index (χ2v) is 5.70. The van der Waals surface area contributed by atoms with Gasteiger partial charge in [0.1, 0.15) is 5.75 Å². The highest BCUT2D eigenvalue weighted by atomic mass is 79.9. The summed E-state index contributed by atoms with van der Waals surface area (Å²) >= 11 is 9.55. The molecule has 1 nitrogen and oxygen atoms in total. The van der Waals surface area contributed by atoms with Crippen LogP contribution in [0.5, 0.6) is 5.75 Å². The van der Waals surface area contributed by atoms with Crippen LogP contribution in [0.2, 0.25) is 5.02 Å². The second-order valence-electron chi connectivity index (χ2n) is 4.37. The third-order valence-corrected chi connectivity index (χ3v) is 4.34. The molecule has 1 unspecified atom stereocenters. The van der Waals surface area contributed by atoms with Crippen molar-refractivity contribution in [2.45, 2.75) is 11.0 Å². The fourth-order valence-electron chi connectivity index (χ4n) is 1.89. The zero-order valence-electron chi connectivity index (χ0n) is 10.9. The fraction of sp³-hybridized carbons (Fsp3) is 0.200. The van der Waals surface area contributed by atoms with E-state index in [-0.39, 0.29) is 0 Å². The number of halogens is 5. The molecule has 0 aliphatic heterocycles. The lowest BCUT2D eigenvalue weighted by Crippen LogP contribution is -2.06. The van der Waals surface area contributed by atoms with Crippen LogP contribution in [0.1, 0.15) is 21.5 Å². The summed E-state index contributed by atoms with van der Waals surface area (Å²) in [6, 6.07) is 10.2. The van der Waals surface area contributed by atoms with Gasteiger partial charge in [0.05, 0.1) is 17.5 Å². The highest BCUT2D eigenvalue weighted by molar-refractivity contribution is 9.09. The Kier molecular flexibility index (Phi) is 4.84. The summed E-state index contributed by atoms with van der Waals surface area (Å²) in [7, 11) is 1.52. The summed E-state index contributed by atoms with van der Waals surface area (Å²) in [4.78, 5) is -0.432. The molecule has 0 fully saturated rings. The van der Waals surface area contributed by atoms with Gasteiger partial charge in [-0.25, -0.2) is 0 Å². The summed E-state index contributed by atoms with van der Waals surface area (Å²) in [5, 5.41) is 0.425. The number of methoxy groups -OCH3 is 1. The molecule has 1 atom stereocenters. The first-order valence-corrected chi connectivity index (χ1v) is 7.27. The molecule has 0 aliphatic rings. The molecule has 0 amide bonds. The van der Waals surface area contributed by atoms with Gasteiger partial charge in [0.15, 0.2) is 0 Å². The van der Waals surface area contributed by atoms with Gasteiger partial charge in [0, 0.05) is 5.02 Å². The molecule has 0 aromatic heterocycles. The van der Waals surface area contributed by atoms with Gasteiger partial charge in [-0.1, -0.05) is 51.8 Å². The Bertz CT molecular complexity index is 643. The molecule has 2 rings (SSSR count). The average Bonchev–Trinajstić information content (AvgIpc) is 2.45. The van der Waals surface area contributed by atoms with Gasteiger partial charge < -0.3 is 4.74 Å². The Morgan fingerprint density at radius 2 is 1.86 bits per heavy atom. The lowest BCUT2D eigenvalue weighted by atomic mass is 10.0. The minimum atomic E-state index is -4.37. The van der Waals surface area contributed by atoms with Crippen molar-refractivity contribution < 1.29 is 17.9 Å². The van der Waals surface area contributed by atoms with Crippen LogP contribution in [-0.2, 0) is 6.18 Å². The van der Waals surface area contributed by atoms with Gasteiger partial charge in [-0.3, -0.25) is 0 Å². The number of ether oxygens (including phenoxy) is 1. The topological polar surface area (TPSA) is 9.23 Å². The van der Waals surface area contributed by atoms with Gasteiger partial charge in [0.25, 0.3) is 0 Å². The Morgan fingerprint density at radius 3 is 2.43 bits per heavy atom. The van der Waals surface area contributed by atoms with Crippen molar-refractivity contribution in [2.24, 2.45) is 0 Å². The number of alkyl halides is 4. The minimum absolute atomic E-state index is 0.425. The molecular formula is C15H11BrClF3O. The van der Waals surface area contributed by atoms with E-state index in [2.05, 4.69) is 15.9 Å². The van der Waals surface area contributed by atoms with E-state index in [0.717, 1.165) is 12.1 Å². The maximum absolute atomic E-state index is 12.8. The van der Waals surface area contributed by atoms with Crippen molar-refractivity contribution in [1.29, 1.82) is 0 Å². The van der Waals surface area contributed by atoms with Gasteiger partial charge in [-0.2, -0.15) is 13.2 Å². The first-order valence-electron chi connectivity index (χ1n) is 5.97. The van der Waals surface area contributed by atoms with Gasteiger partial charge >= 0.3 is 6.18 Å². The monoisotopic (exact) mass is 378 g/mol. The quantitative estimate of drug-likeness (QED) is 0.608. The Morgan fingerprint density at radius 1 is 1.14 bits per heavy atom. The molecule has 0 aliphatic carbocycles. The standard InChI is InChI=1S/C15H11BrClF3O/c1-21-11-5-6-12(13(17)8-11)14(16)9-3-2-4-10(7-9)15(18,19)20/h2-8,14H,1H3. The average molecular weight is 380 g/mol. The van der Waals surface area contributed by atoms with Crippen LogP contribution < -0.4 is 4.74 Å². The van der Waals surface area contributed by atoms with Gasteiger partial charge in [0.2, 0.25) is 0 Å². The maximum atomic E-state index is 12.8. The zero-order valence-corrected chi connectivity index (χ0v) is 13.3. The van der Waals surface area contributed by atoms with Crippen LogP contribution in [0.25, 0.3) is 0 Å². The molecule has 0 bridgehead atoms. The predicted octanol–water partition coefficient (Wildman–Crippen LogP) is 5.85. The van der Waals surface area contributed by atoms with Crippen molar-refractivity contribution in [3.8, 4) is 5.75 Å². The summed E-state index contributed by atoms with van der Waals surface area (Å²) in [6.07, 6.45) is -4.37. The molecule has 6 heteroatoms. The summed E-state index contributed by atoms with van der Waals surface area (Å²) in [5.74, 6) is 0.590. The third-order valence-electron chi connectivity index (χ3n) is 2.99. The predicted molar refractivity (Wildman–Crippen MR) is 80.2 cm³/mol. The van der Waals surface area contributed by atoms with E-state index in [1.165, 1.54) is 13.2 Å². The first kappa shape index (κ1) is 16.2. The van der Waals surface area contributed by atoms with Crippen LogP contribution in [0, 0.1) is 0 Å².